The van der Waals surface area contributed by atoms with Crippen LogP contribution in [0, 0.1) is 36.5 Å². The van der Waals surface area contributed by atoms with Crippen molar-refractivity contribution < 1.29 is 9.53 Å². The lowest BCUT2D eigenvalue weighted by Crippen LogP contribution is -2.24. The lowest BCUT2D eigenvalue weighted by Gasteiger charge is -2.26. The van der Waals surface area contributed by atoms with Crippen LogP contribution in [0.5, 0.6) is 0 Å². The molecule has 1 aromatic carbocycles. The van der Waals surface area contributed by atoms with Crippen molar-refractivity contribution in [1.29, 1.82) is 0 Å². The number of aryl methyl sites for hydroxylation is 1. The third-order valence-electron chi connectivity index (χ3n) is 6.83. The molecule has 2 heteroatoms. The molecule has 0 aliphatic heterocycles. The smallest absolute Gasteiger partial charge is 0.338 e. The zero-order valence-electron chi connectivity index (χ0n) is 18.9. The number of benzene rings is 1. The van der Waals surface area contributed by atoms with Gasteiger partial charge in [0.15, 0.2) is 0 Å². The van der Waals surface area contributed by atoms with E-state index in [4.69, 9.17) is 4.74 Å². The van der Waals surface area contributed by atoms with Crippen LogP contribution < -0.4 is 0 Å². The summed E-state index contributed by atoms with van der Waals surface area (Å²) in [6.07, 6.45) is 18.0. The number of ether oxygens (including phenoxy) is 1. The number of carbonyl (C=O) groups is 1. The largest absolute Gasteiger partial charge is 0.459 e. The number of carbonyl (C=O) groups excluding carboxylic acids is 1. The van der Waals surface area contributed by atoms with E-state index in [-0.39, 0.29) is 12.1 Å². The van der Waals surface area contributed by atoms with E-state index in [1.165, 1.54) is 44.9 Å². The van der Waals surface area contributed by atoms with Gasteiger partial charge in [-0.3, -0.25) is 0 Å². The fraction of sp³-hybridized carbons (Fsp3) is 0.607. The quantitative estimate of drug-likeness (QED) is 0.367. The van der Waals surface area contributed by atoms with E-state index in [2.05, 4.69) is 30.9 Å². The lowest BCUT2D eigenvalue weighted by atomic mass is 9.80. The first kappa shape index (κ1) is 22.7. The summed E-state index contributed by atoms with van der Waals surface area (Å²) in [4.78, 5) is 12.3. The van der Waals surface area contributed by atoms with E-state index in [1.807, 2.05) is 31.2 Å². The Morgan fingerprint density at radius 2 is 1.73 bits per heavy atom. The molecule has 0 bridgehead atoms. The van der Waals surface area contributed by atoms with Crippen LogP contribution in [0.3, 0.4) is 0 Å². The summed E-state index contributed by atoms with van der Waals surface area (Å²) in [5.74, 6) is 8.67. The summed E-state index contributed by atoms with van der Waals surface area (Å²) in [7, 11) is 0. The van der Waals surface area contributed by atoms with Crippen molar-refractivity contribution in [3.05, 3.63) is 47.5 Å². The summed E-state index contributed by atoms with van der Waals surface area (Å²) in [5.41, 5.74) is 1.80. The zero-order chi connectivity index (χ0) is 21.2. The van der Waals surface area contributed by atoms with Crippen LogP contribution in [0.4, 0.5) is 0 Å². The number of unbranched alkanes of at least 4 members (excludes halogenated alkanes) is 1. The van der Waals surface area contributed by atoms with Gasteiger partial charge in [0.1, 0.15) is 6.10 Å². The fourth-order valence-electron chi connectivity index (χ4n) is 4.75. The van der Waals surface area contributed by atoms with E-state index in [0.717, 1.165) is 43.1 Å². The number of hydrogen-bond acceptors (Lipinski definition) is 2. The average molecular weight is 407 g/mol. The average Bonchev–Trinajstić information content (AvgIpc) is 2.77. The van der Waals surface area contributed by atoms with Crippen LogP contribution in [-0.4, -0.2) is 12.1 Å². The molecule has 0 amide bonds. The van der Waals surface area contributed by atoms with Gasteiger partial charge in [-0.2, -0.15) is 0 Å². The normalized spacial score (nSPS) is 26.7. The first-order chi connectivity index (χ1) is 14.6. The third-order valence-corrected chi connectivity index (χ3v) is 6.83. The fourth-order valence-corrected chi connectivity index (χ4v) is 4.75. The molecule has 2 aliphatic rings. The number of esters is 1. The minimum Gasteiger partial charge on any atom is -0.459 e. The van der Waals surface area contributed by atoms with Crippen LogP contribution in [0.2, 0.25) is 0 Å². The van der Waals surface area contributed by atoms with E-state index in [9.17, 15) is 4.79 Å². The predicted molar refractivity (Wildman–Crippen MR) is 124 cm³/mol. The monoisotopic (exact) mass is 406 g/mol. The predicted octanol–water partition coefficient (Wildman–Crippen LogP) is 7.27. The first-order valence-corrected chi connectivity index (χ1v) is 12.1. The van der Waals surface area contributed by atoms with Gasteiger partial charge in [0.25, 0.3) is 0 Å². The highest BCUT2D eigenvalue weighted by molar-refractivity contribution is 5.89. The SMILES string of the molecule is CCCC[C@H]1CC[C@H](/C=C/C#C[C@H]2CC[C@H](OC(=O)c3ccc(C)cc3)CC2)CC1. The Hall–Kier alpha value is -2.01. The summed E-state index contributed by atoms with van der Waals surface area (Å²) in [6, 6.07) is 7.60. The number of rotatable bonds is 6. The van der Waals surface area contributed by atoms with Gasteiger partial charge in [0.05, 0.1) is 5.56 Å². The first-order valence-electron chi connectivity index (χ1n) is 12.1. The van der Waals surface area contributed by atoms with Crippen molar-refractivity contribution in [2.75, 3.05) is 0 Å². The zero-order valence-corrected chi connectivity index (χ0v) is 18.9. The van der Waals surface area contributed by atoms with Gasteiger partial charge < -0.3 is 4.74 Å². The Morgan fingerprint density at radius 3 is 2.40 bits per heavy atom. The highest BCUT2D eigenvalue weighted by atomic mass is 16.5. The lowest BCUT2D eigenvalue weighted by molar-refractivity contribution is 0.0188. The Bertz CT molecular complexity index is 733. The molecule has 2 nitrogen and oxygen atoms in total. The van der Waals surface area contributed by atoms with Gasteiger partial charge in [0, 0.05) is 5.92 Å². The van der Waals surface area contributed by atoms with Crippen LogP contribution in [0.25, 0.3) is 0 Å². The van der Waals surface area contributed by atoms with Gasteiger partial charge in [-0.05, 0) is 88.3 Å². The molecule has 162 valence electrons. The molecule has 0 spiro atoms. The summed E-state index contributed by atoms with van der Waals surface area (Å²) in [6.45, 7) is 4.31. The number of allylic oxidation sites excluding steroid dienone is 2. The van der Waals surface area contributed by atoms with Crippen molar-refractivity contribution >= 4 is 5.97 Å². The second kappa shape index (κ2) is 12.0. The molecule has 0 unspecified atom stereocenters. The minimum absolute atomic E-state index is 0.0373. The second-order valence-corrected chi connectivity index (χ2v) is 9.32. The van der Waals surface area contributed by atoms with Gasteiger partial charge >= 0.3 is 5.97 Å². The van der Waals surface area contributed by atoms with E-state index >= 15 is 0 Å². The standard InChI is InChI=1S/C28H38O2/c1-3-4-7-23-12-14-24(15-13-23)8-5-6-9-25-16-20-27(21-17-25)30-28(29)26-18-10-22(2)11-19-26/h5,8,10-11,18-19,23-25,27H,3-4,7,12-17,20-21H2,1-2H3/b8-5+/t23-,24-,25-,27-. The summed E-state index contributed by atoms with van der Waals surface area (Å²) >= 11 is 0. The maximum absolute atomic E-state index is 12.3. The molecule has 0 aromatic heterocycles. The molecule has 0 heterocycles. The molecular formula is C28H38O2. The molecule has 1 aromatic rings. The van der Waals surface area contributed by atoms with Crippen molar-refractivity contribution in [2.24, 2.45) is 17.8 Å². The molecule has 3 rings (SSSR count). The van der Waals surface area contributed by atoms with Crippen LogP contribution >= 0.6 is 0 Å². The molecule has 0 atom stereocenters. The molecular weight excluding hydrogens is 368 g/mol. The van der Waals surface area contributed by atoms with Crippen LogP contribution in [-0.2, 0) is 4.74 Å². The van der Waals surface area contributed by atoms with Gasteiger partial charge in [-0.25, -0.2) is 4.79 Å². The van der Waals surface area contributed by atoms with Crippen molar-refractivity contribution in [3.63, 3.8) is 0 Å². The molecule has 0 saturated heterocycles. The Balaban J connectivity index is 1.34. The molecule has 30 heavy (non-hydrogen) atoms. The molecule has 0 radical (unpaired) electrons. The van der Waals surface area contributed by atoms with E-state index < -0.39 is 0 Å². The maximum atomic E-state index is 12.3. The second-order valence-electron chi connectivity index (χ2n) is 9.32. The number of hydrogen-bond donors (Lipinski definition) is 0. The van der Waals surface area contributed by atoms with Crippen LogP contribution in [0.1, 0.15) is 93.5 Å². The van der Waals surface area contributed by atoms with Gasteiger partial charge in [0.2, 0.25) is 0 Å². The maximum Gasteiger partial charge on any atom is 0.338 e. The van der Waals surface area contributed by atoms with Crippen molar-refractivity contribution in [2.45, 2.75) is 90.6 Å². The third kappa shape index (κ3) is 7.35. The Kier molecular flexibility index (Phi) is 9.06. The summed E-state index contributed by atoms with van der Waals surface area (Å²) < 4.78 is 5.70. The summed E-state index contributed by atoms with van der Waals surface area (Å²) in [5, 5.41) is 0. The molecule has 2 fully saturated rings. The Labute approximate surface area is 183 Å². The van der Waals surface area contributed by atoms with Crippen molar-refractivity contribution in [1.82, 2.24) is 0 Å². The molecule has 2 aliphatic carbocycles. The van der Waals surface area contributed by atoms with E-state index in [0.29, 0.717) is 11.5 Å². The Morgan fingerprint density at radius 1 is 1.03 bits per heavy atom. The highest BCUT2D eigenvalue weighted by Crippen LogP contribution is 2.32. The van der Waals surface area contributed by atoms with Crippen molar-refractivity contribution in [3.8, 4) is 11.8 Å². The van der Waals surface area contributed by atoms with E-state index in [1.54, 1.807) is 0 Å². The van der Waals surface area contributed by atoms with Crippen LogP contribution in [0.15, 0.2) is 36.4 Å². The minimum atomic E-state index is -0.197. The van der Waals surface area contributed by atoms with Gasteiger partial charge in [-0.15, -0.1) is 0 Å². The topological polar surface area (TPSA) is 26.3 Å². The molecule has 2 saturated carbocycles. The highest BCUT2D eigenvalue weighted by Gasteiger charge is 2.23. The van der Waals surface area contributed by atoms with Gasteiger partial charge in [-0.1, -0.05) is 61.8 Å². The molecule has 0 N–H and O–H groups in total.